The van der Waals surface area contributed by atoms with Crippen molar-refractivity contribution < 1.29 is 13.9 Å². The molecular weight excluding hydrogens is 306 g/mol. The zero-order valence-electron chi connectivity index (χ0n) is 14.2. The molecule has 6 heteroatoms. The van der Waals surface area contributed by atoms with Gasteiger partial charge in [-0.15, -0.1) is 10.2 Å². The Balaban J connectivity index is 1.77. The molecular formula is C18H23N3O3. The lowest BCUT2D eigenvalue weighted by atomic mass is 10.2. The van der Waals surface area contributed by atoms with E-state index in [0.29, 0.717) is 18.2 Å². The number of rotatable bonds is 6. The van der Waals surface area contributed by atoms with Gasteiger partial charge in [-0.1, -0.05) is 19.4 Å². The van der Waals surface area contributed by atoms with Gasteiger partial charge in [0.05, 0.1) is 7.11 Å². The second kappa shape index (κ2) is 7.47. The fraction of sp³-hybridized carbons (Fsp3) is 0.500. The van der Waals surface area contributed by atoms with Gasteiger partial charge < -0.3 is 14.1 Å². The number of methoxy groups -OCH3 is 1. The van der Waals surface area contributed by atoms with Crippen LogP contribution in [0.4, 0.5) is 0 Å². The Labute approximate surface area is 141 Å². The van der Waals surface area contributed by atoms with Crippen molar-refractivity contribution in [2.24, 2.45) is 0 Å². The van der Waals surface area contributed by atoms with Crippen LogP contribution in [0.5, 0.6) is 5.75 Å². The van der Waals surface area contributed by atoms with Gasteiger partial charge in [-0.3, -0.25) is 4.79 Å². The second-order valence-electron chi connectivity index (χ2n) is 6.03. The minimum atomic E-state index is -0.0961. The van der Waals surface area contributed by atoms with E-state index in [1.165, 1.54) is 0 Å². The van der Waals surface area contributed by atoms with Gasteiger partial charge >= 0.3 is 0 Å². The predicted octanol–water partition coefficient (Wildman–Crippen LogP) is 3.60. The summed E-state index contributed by atoms with van der Waals surface area (Å²) in [6.45, 7) is 2.86. The van der Waals surface area contributed by atoms with E-state index >= 15 is 0 Å². The zero-order valence-corrected chi connectivity index (χ0v) is 14.2. The van der Waals surface area contributed by atoms with E-state index in [9.17, 15) is 4.79 Å². The van der Waals surface area contributed by atoms with Gasteiger partial charge in [-0.25, -0.2) is 0 Å². The number of ether oxygens (including phenoxy) is 1. The Morgan fingerprint density at radius 1 is 1.42 bits per heavy atom. The van der Waals surface area contributed by atoms with E-state index in [0.717, 1.165) is 43.5 Å². The number of aromatic nitrogens is 2. The average molecular weight is 329 g/mol. The molecule has 1 aliphatic heterocycles. The summed E-state index contributed by atoms with van der Waals surface area (Å²) in [5.74, 6) is 1.90. The Morgan fingerprint density at radius 3 is 3.08 bits per heavy atom. The summed E-state index contributed by atoms with van der Waals surface area (Å²) in [7, 11) is 1.62. The smallest absolute Gasteiger partial charge is 0.247 e. The van der Waals surface area contributed by atoms with Crippen LogP contribution in [-0.2, 0) is 4.79 Å². The van der Waals surface area contributed by atoms with Crippen LogP contribution in [0.3, 0.4) is 0 Å². The monoisotopic (exact) mass is 329 g/mol. The normalized spacial score (nSPS) is 17.2. The summed E-state index contributed by atoms with van der Waals surface area (Å²) < 4.78 is 11.1. The van der Waals surface area contributed by atoms with Crippen LogP contribution in [0.1, 0.15) is 51.0 Å². The molecule has 0 spiro atoms. The summed E-state index contributed by atoms with van der Waals surface area (Å²) in [5.41, 5.74) is 0.815. The minimum absolute atomic E-state index is 0.0961. The number of nitrogens with zero attached hydrogens (tertiary/aromatic N) is 3. The summed E-state index contributed by atoms with van der Waals surface area (Å²) in [5, 5.41) is 8.34. The highest BCUT2D eigenvalue weighted by Crippen LogP contribution is 2.33. The van der Waals surface area contributed by atoms with Crippen LogP contribution >= 0.6 is 0 Å². The van der Waals surface area contributed by atoms with Gasteiger partial charge in [0.15, 0.2) is 0 Å². The Bertz CT molecular complexity index is 698. The van der Waals surface area contributed by atoms with Gasteiger partial charge in [0.2, 0.25) is 17.7 Å². The van der Waals surface area contributed by atoms with E-state index < -0.39 is 0 Å². The molecule has 1 unspecified atom stereocenters. The first kappa shape index (κ1) is 16.5. The van der Waals surface area contributed by atoms with Crippen LogP contribution < -0.4 is 4.74 Å². The first-order valence-electron chi connectivity index (χ1n) is 8.50. The molecule has 1 aliphatic rings. The highest BCUT2D eigenvalue weighted by Gasteiger charge is 2.33. The van der Waals surface area contributed by atoms with Crippen molar-refractivity contribution in [3.05, 3.63) is 30.2 Å². The highest BCUT2D eigenvalue weighted by atomic mass is 16.5. The molecule has 0 N–H and O–H groups in total. The number of unbranched alkanes of at least 4 members (excludes halogenated alkanes) is 1. The Morgan fingerprint density at radius 2 is 2.29 bits per heavy atom. The van der Waals surface area contributed by atoms with Gasteiger partial charge in [0.25, 0.3) is 0 Å². The molecule has 128 valence electrons. The lowest BCUT2D eigenvalue weighted by Crippen LogP contribution is -2.30. The molecule has 0 aliphatic carbocycles. The first-order valence-corrected chi connectivity index (χ1v) is 8.50. The van der Waals surface area contributed by atoms with Crippen molar-refractivity contribution in [1.82, 2.24) is 15.1 Å². The summed E-state index contributed by atoms with van der Waals surface area (Å²) in [4.78, 5) is 14.3. The molecule has 1 aromatic carbocycles. The molecule has 2 heterocycles. The van der Waals surface area contributed by atoms with Crippen molar-refractivity contribution in [1.29, 1.82) is 0 Å². The standard InChI is InChI=1S/C18H23N3O3/c1-3-4-10-16(22)21-11-6-9-15(21)18-20-19-17(24-18)13-7-5-8-14(12-13)23-2/h5,7-8,12,15H,3-4,6,9-11H2,1-2H3. The number of likely N-dealkylation sites (tertiary alicyclic amines) is 1. The largest absolute Gasteiger partial charge is 0.497 e. The number of benzene rings is 1. The molecule has 1 amide bonds. The molecule has 3 rings (SSSR count). The highest BCUT2D eigenvalue weighted by molar-refractivity contribution is 5.76. The Kier molecular flexibility index (Phi) is 5.13. The van der Waals surface area contributed by atoms with Crippen LogP contribution in [-0.4, -0.2) is 34.7 Å². The van der Waals surface area contributed by atoms with Gasteiger partial charge in [0.1, 0.15) is 11.8 Å². The van der Waals surface area contributed by atoms with E-state index in [4.69, 9.17) is 9.15 Å². The van der Waals surface area contributed by atoms with Crippen LogP contribution in [0, 0.1) is 0 Å². The summed E-state index contributed by atoms with van der Waals surface area (Å²) >= 11 is 0. The van der Waals surface area contributed by atoms with E-state index in [1.807, 2.05) is 29.2 Å². The van der Waals surface area contributed by atoms with Gasteiger partial charge in [-0.2, -0.15) is 0 Å². The summed E-state index contributed by atoms with van der Waals surface area (Å²) in [6.07, 6.45) is 4.37. The molecule has 1 saturated heterocycles. The SMILES string of the molecule is CCCCC(=O)N1CCCC1c1nnc(-c2cccc(OC)c2)o1. The van der Waals surface area contributed by atoms with Crippen molar-refractivity contribution >= 4 is 5.91 Å². The van der Waals surface area contributed by atoms with E-state index in [-0.39, 0.29) is 11.9 Å². The number of amides is 1. The van der Waals surface area contributed by atoms with E-state index in [2.05, 4.69) is 17.1 Å². The molecule has 0 bridgehead atoms. The maximum Gasteiger partial charge on any atom is 0.247 e. The minimum Gasteiger partial charge on any atom is -0.497 e. The fourth-order valence-corrected chi connectivity index (χ4v) is 3.04. The van der Waals surface area contributed by atoms with Crippen LogP contribution in [0.15, 0.2) is 28.7 Å². The van der Waals surface area contributed by atoms with Crippen molar-refractivity contribution in [3.63, 3.8) is 0 Å². The molecule has 0 radical (unpaired) electrons. The van der Waals surface area contributed by atoms with E-state index in [1.54, 1.807) is 7.11 Å². The number of hydrogen-bond donors (Lipinski definition) is 0. The summed E-state index contributed by atoms with van der Waals surface area (Å²) in [6, 6.07) is 7.41. The molecule has 1 aromatic heterocycles. The molecule has 6 nitrogen and oxygen atoms in total. The van der Waals surface area contributed by atoms with Crippen molar-refractivity contribution in [3.8, 4) is 17.2 Å². The second-order valence-corrected chi connectivity index (χ2v) is 6.03. The molecule has 24 heavy (non-hydrogen) atoms. The van der Waals surface area contributed by atoms with Gasteiger partial charge in [-0.05, 0) is 37.5 Å². The van der Waals surface area contributed by atoms with Gasteiger partial charge in [0, 0.05) is 18.5 Å². The zero-order chi connectivity index (χ0) is 16.9. The third-order valence-corrected chi connectivity index (χ3v) is 4.36. The lowest BCUT2D eigenvalue weighted by Gasteiger charge is -2.21. The average Bonchev–Trinajstić information content (AvgIpc) is 3.28. The van der Waals surface area contributed by atoms with Crippen molar-refractivity contribution in [2.75, 3.05) is 13.7 Å². The molecule has 0 saturated carbocycles. The number of carbonyl (C=O) groups excluding carboxylic acids is 1. The maximum absolute atomic E-state index is 12.4. The number of hydrogen-bond acceptors (Lipinski definition) is 5. The predicted molar refractivity (Wildman–Crippen MR) is 89.5 cm³/mol. The third-order valence-electron chi connectivity index (χ3n) is 4.36. The molecule has 1 fully saturated rings. The van der Waals surface area contributed by atoms with Crippen molar-refractivity contribution in [2.45, 2.75) is 45.1 Å². The number of carbonyl (C=O) groups is 1. The van der Waals surface area contributed by atoms with Crippen LogP contribution in [0.2, 0.25) is 0 Å². The molecule has 1 atom stereocenters. The first-order chi connectivity index (χ1) is 11.7. The maximum atomic E-state index is 12.4. The molecule has 2 aromatic rings. The fourth-order valence-electron chi connectivity index (χ4n) is 3.04. The third kappa shape index (κ3) is 3.42. The topological polar surface area (TPSA) is 68.5 Å². The van der Waals surface area contributed by atoms with Crippen LogP contribution in [0.25, 0.3) is 11.5 Å². The lowest BCUT2D eigenvalue weighted by molar-refractivity contribution is -0.132. The Hall–Kier alpha value is -2.37. The quantitative estimate of drug-likeness (QED) is 0.810.